The van der Waals surface area contributed by atoms with E-state index in [2.05, 4.69) is 12.1 Å². The quantitative estimate of drug-likeness (QED) is 0.788. The van der Waals surface area contributed by atoms with E-state index in [1.54, 1.807) is 45.4 Å². The predicted molar refractivity (Wildman–Crippen MR) is 104 cm³/mol. The molecule has 2 aromatic rings. The van der Waals surface area contributed by atoms with Gasteiger partial charge in [0.1, 0.15) is 5.41 Å². The number of hydrogen-bond acceptors (Lipinski definition) is 6. The molecule has 0 bridgehead atoms. The van der Waals surface area contributed by atoms with Crippen molar-refractivity contribution >= 4 is 5.57 Å². The molecule has 6 heteroatoms. The molecule has 0 saturated heterocycles. The van der Waals surface area contributed by atoms with Crippen LogP contribution in [0.25, 0.3) is 5.57 Å². The highest BCUT2D eigenvalue weighted by molar-refractivity contribution is 5.92. The Morgan fingerprint density at radius 2 is 1.36 bits per heavy atom. The van der Waals surface area contributed by atoms with Crippen LogP contribution in [0.3, 0.4) is 0 Å². The minimum Gasteiger partial charge on any atom is -0.493 e. The lowest BCUT2D eigenvalue weighted by Crippen LogP contribution is -2.25. The maximum Gasteiger partial charge on any atom is 0.161 e. The van der Waals surface area contributed by atoms with Crippen molar-refractivity contribution < 1.29 is 18.9 Å². The number of ether oxygens (including phenoxy) is 4. The summed E-state index contributed by atoms with van der Waals surface area (Å²) in [5, 5.41) is 20.1. The number of nitrogens with zero attached hydrogens (tertiary/aromatic N) is 2. The monoisotopic (exact) mass is 376 g/mol. The molecule has 1 unspecified atom stereocenters. The maximum atomic E-state index is 10.3. The highest BCUT2D eigenvalue weighted by Crippen LogP contribution is 2.53. The molecule has 6 nitrogen and oxygen atoms in total. The van der Waals surface area contributed by atoms with Crippen LogP contribution in [-0.2, 0) is 5.41 Å². The fraction of sp³-hybridized carbons (Fsp3) is 0.273. The van der Waals surface area contributed by atoms with Gasteiger partial charge in [0.25, 0.3) is 0 Å². The second kappa shape index (κ2) is 7.17. The fourth-order valence-corrected chi connectivity index (χ4v) is 3.78. The van der Waals surface area contributed by atoms with Crippen LogP contribution in [0.1, 0.15) is 23.6 Å². The Morgan fingerprint density at radius 3 is 1.89 bits per heavy atom. The van der Waals surface area contributed by atoms with E-state index in [-0.39, 0.29) is 0 Å². The van der Waals surface area contributed by atoms with E-state index in [0.717, 1.165) is 0 Å². The topological polar surface area (TPSA) is 84.5 Å². The number of hydrogen-bond donors (Lipinski definition) is 0. The molecule has 142 valence electrons. The zero-order chi connectivity index (χ0) is 20.5. The molecule has 3 rings (SSSR count). The van der Waals surface area contributed by atoms with Gasteiger partial charge in [-0.3, -0.25) is 0 Å². The highest BCUT2D eigenvalue weighted by atomic mass is 16.5. The molecule has 1 aliphatic rings. The first-order chi connectivity index (χ1) is 13.5. The summed E-state index contributed by atoms with van der Waals surface area (Å²) < 4.78 is 21.6. The maximum absolute atomic E-state index is 10.3. The summed E-state index contributed by atoms with van der Waals surface area (Å²) in [6, 6.07) is 13.5. The second-order valence-electron chi connectivity index (χ2n) is 6.30. The zero-order valence-corrected chi connectivity index (χ0v) is 16.4. The van der Waals surface area contributed by atoms with Gasteiger partial charge in [-0.05, 0) is 47.9 Å². The highest BCUT2D eigenvalue weighted by Gasteiger charge is 2.46. The largest absolute Gasteiger partial charge is 0.493 e. The van der Waals surface area contributed by atoms with Crippen LogP contribution in [-0.4, -0.2) is 28.4 Å². The summed E-state index contributed by atoms with van der Waals surface area (Å²) in [6.07, 6.45) is 0. The Kier molecular flexibility index (Phi) is 4.90. The van der Waals surface area contributed by atoms with Crippen LogP contribution in [0.4, 0.5) is 0 Å². The van der Waals surface area contributed by atoms with Gasteiger partial charge in [-0.2, -0.15) is 10.5 Å². The van der Waals surface area contributed by atoms with Crippen molar-refractivity contribution in [2.45, 2.75) is 12.3 Å². The average molecular weight is 376 g/mol. The Labute approximate surface area is 164 Å². The van der Waals surface area contributed by atoms with Gasteiger partial charge in [0.2, 0.25) is 0 Å². The molecule has 0 aromatic heterocycles. The normalized spacial score (nSPS) is 17.4. The first-order valence-electron chi connectivity index (χ1n) is 8.54. The zero-order valence-electron chi connectivity index (χ0n) is 16.4. The lowest BCUT2D eigenvalue weighted by Gasteiger charge is -2.27. The van der Waals surface area contributed by atoms with E-state index in [9.17, 15) is 10.5 Å². The van der Waals surface area contributed by atoms with Crippen molar-refractivity contribution in [2.24, 2.45) is 0 Å². The first kappa shape index (κ1) is 19.1. The number of nitriles is 2. The van der Waals surface area contributed by atoms with Crippen LogP contribution >= 0.6 is 0 Å². The summed E-state index contributed by atoms with van der Waals surface area (Å²) in [4.78, 5) is 0. The number of rotatable bonds is 5. The number of benzene rings is 2. The predicted octanol–water partition coefficient (Wildman–Crippen LogP) is 3.84. The third-order valence-electron chi connectivity index (χ3n) is 5.23. The van der Waals surface area contributed by atoms with E-state index in [0.29, 0.717) is 50.8 Å². The number of fused-ring (bicyclic) bond motifs is 1. The lowest BCUT2D eigenvalue weighted by atomic mass is 9.73. The summed E-state index contributed by atoms with van der Waals surface area (Å²) >= 11 is 0. The summed E-state index contributed by atoms with van der Waals surface area (Å²) in [5.74, 6) is 2.07. The van der Waals surface area contributed by atoms with Gasteiger partial charge < -0.3 is 18.9 Å². The SMILES string of the molecule is COc1ccc(C2(C#N)C(C)=C(C#N)c3cc(OC)c(OC)cc32)cc1OC. The van der Waals surface area contributed by atoms with Gasteiger partial charge in [0.15, 0.2) is 23.0 Å². The molecule has 1 aliphatic carbocycles. The molecule has 1 atom stereocenters. The molecule has 0 heterocycles. The Hall–Kier alpha value is -3.64. The first-order valence-corrected chi connectivity index (χ1v) is 8.54. The minimum absolute atomic E-state index is 0.451. The van der Waals surface area contributed by atoms with Crippen molar-refractivity contribution in [3.05, 3.63) is 52.6 Å². The number of methoxy groups -OCH3 is 4. The molecule has 2 aromatic carbocycles. The molecule has 28 heavy (non-hydrogen) atoms. The molecule has 0 saturated carbocycles. The van der Waals surface area contributed by atoms with Crippen molar-refractivity contribution in [3.63, 3.8) is 0 Å². The molecule has 0 aliphatic heterocycles. The van der Waals surface area contributed by atoms with Crippen molar-refractivity contribution in [3.8, 4) is 35.1 Å². The van der Waals surface area contributed by atoms with Crippen molar-refractivity contribution in [2.75, 3.05) is 28.4 Å². The number of allylic oxidation sites excluding steroid dienone is 2. The minimum atomic E-state index is -1.15. The van der Waals surface area contributed by atoms with Gasteiger partial charge >= 0.3 is 0 Å². The Balaban J connectivity index is 2.39. The van der Waals surface area contributed by atoms with Gasteiger partial charge in [0.05, 0.1) is 46.2 Å². The third kappa shape index (κ3) is 2.46. The van der Waals surface area contributed by atoms with Crippen molar-refractivity contribution in [1.82, 2.24) is 0 Å². The van der Waals surface area contributed by atoms with Crippen LogP contribution in [0, 0.1) is 22.7 Å². The van der Waals surface area contributed by atoms with Gasteiger partial charge in [-0.25, -0.2) is 0 Å². The average Bonchev–Trinajstić information content (AvgIpc) is 2.98. The van der Waals surface area contributed by atoms with Gasteiger partial charge in [-0.1, -0.05) is 6.07 Å². The molecular formula is C22H20N2O4. The Morgan fingerprint density at radius 1 is 0.786 bits per heavy atom. The molecule has 0 fully saturated rings. The van der Waals surface area contributed by atoms with E-state index in [4.69, 9.17) is 18.9 Å². The van der Waals surface area contributed by atoms with Crippen LogP contribution < -0.4 is 18.9 Å². The molecule has 0 spiro atoms. The van der Waals surface area contributed by atoms with Crippen LogP contribution in [0.5, 0.6) is 23.0 Å². The second-order valence-corrected chi connectivity index (χ2v) is 6.30. The standard InChI is InChI=1S/C22H20N2O4/c1-13-16(11-23)15-9-20(27-4)21(28-5)10-17(15)22(13,12-24)14-6-7-18(25-2)19(8-14)26-3/h6-10H,1-5H3. The van der Waals surface area contributed by atoms with Crippen LogP contribution in [0.15, 0.2) is 35.9 Å². The van der Waals surface area contributed by atoms with E-state index in [1.807, 2.05) is 6.07 Å². The Bertz CT molecular complexity index is 1060. The summed E-state index contributed by atoms with van der Waals surface area (Å²) in [6.45, 7) is 1.80. The molecular weight excluding hydrogens is 356 g/mol. The summed E-state index contributed by atoms with van der Waals surface area (Å²) in [7, 11) is 6.17. The van der Waals surface area contributed by atoms with E-state index < -0.39 is 5.41 Å². The van der Waals surface area contributed by atoms with E-state index >= 15 is 0 Å². The third-order valence-corrected chi connectivity index (χ3v) is 5.23. The van der Waals surface area contributed by atoms with Gasteiger partial charge in [-0.15, -0.1) is 0 Å². The molecule has 0 N–H and O–H groups in total. The van der Waals surface area contributed by atoms with Crippen molar-refractivity contribution in [1.29, 1.82) is 10.5 Å². The van der Waals surface area contributed by atoms with Gasteiger partial charge in [0, 0.05) is 5.56 Å². The lowest BCUT2D eigenvalue weighted by molar-refractivity contribution is 0.353. The molecule has 0 amide bonds. The smallest absolute Gasteiger partial charge is 0.161 e. The molecule has 0 radical (unpaired) electrons. The van der Waals surface area contributed by atoms with E-state index in [1.165, 1.54) is 14.2 Å². The summed E-state index contributed by atoms with van der Waals surface area (Å²) in [5.41, 5.74) is 1.97. The van der Waals surface area contributed by atoms with Crippen LogP contribution in [0.2, 0.25) is 0 Å². The fourth-order valence-electron chi connectivity index (χ4n) is 3.78.